The van der Waals surface area contributed by atoms with Crippen molar-refractivity contribution in [3.63, 3.8) is 0 Å². The lowest BCUT2D eigenvalue weighted by atomic mass is 10.2. The number of nitrogens with one attached hydrogen (secondary N) is 1. The second-order valence-corrected chi connectivity index (χ2v) is 7.73. The quantitative estimate of drug-likeness (QED) is 0.754. The Morgan fingerprint density at radius 2 is 1.89 bits per heavy atom. The van der Waals surface area contributed by atoms with Gasteiger partial charge in [0.2, 0.25) is 6.79 Å². The van der Waals surface area contributed by atoms with Gasteiger partial charge < -0.3 is 14.8 Å². The summed E-state index contributed by atoms with van der Waals surface area (Å²) in [5, 5.41) is 7.53. The van der Waals surface area contributed by atoms with Gasteiger partial charge in [0.05, 0.1) is 22.9 Å². The fourth-order valence-corrected chi connectivity index (χ4v) is 4.49. The molecule has 3 heterocycles. The number of carbonyl (C=O) groups excluding carboxylic acids is 1. The number of para-hydroxylation sites is 1. The maximum Gasteiger partial charge on any atom is 0.256 e. The van der Waals surface area contributed by atoms with Crippen LogP contribution in [0.4, 0.5) is 5.82 Å². The predicted octanol–water partition coefficient (Wildman–Crippen LogP) is 2.62. The molecule has 0 spiro atoms. The van der Waals surface area contributed by atoms with E-state index in [1.807, 2.05) is 30.3 Å². The van der Waals surface area contributed by atoms with E-state index < -0.39 is 10.8 Å². The van der Waals surface area contributed by atoms with Gasteiger partial charge in [0.1, 0.15) is 5.82 Å². The van der Waals surface area contributed by atoms with Crippen molar-refractivity contribution in [3.05, 3.63) is 65.4 Å². The van der Waals surface area contributed by atoms with Crippen LogP contribution in [0.15, 0.2) is 48.5 Å². The Kier molecular flexibility index (Phi) is 3.71. The third-order valence-electron chi connectivity index (χ3n) is 4.54. The van der Waals surface area contributed by atoms with Gasteiger partial charge in [-0.15, -0.1) is 0 Å². The van der Waals surface area contributed by atoms with E-state index in [0.717, 1.165) is 16.9 Å². The van der Waals surface area contributed by atoms with Crippen molar-refractivity contribution in [1.82, 2.24) is 9.78 Å². The SMILES string of the molecule is O=C(Nc1c2c(nn1-c1ccccc1)C[S@@](=O)C2)c1ccc2c(c1)OCO2. The molecule has 7 nitrogen and oxygen atoms in total. The summed E-state index contributed by atoms with van der Waals surface area (Å²) >= 11 is 0. The Balaban J connectivity index is 1.53. The van der Waals surface area contributed by atoms with Gasteiger partial charge in [0.25, 0.3) is 5.91 Å². The number of rotatable bonds is 3. The molecule has 5 rings (SSSR count). The summed E-state index contributed by atoms with van der Waals surface area (Å²) in [7, 11) is -0.986. The molecule has 0 saturated carbocycles. The zero-order chi connectivity index (χ0) is 18.4. The van der Waals surface area contributed by atoms with Crippen LogP contribution in [0.1, 0.15) is 21.6 Å². The first-order chi connectivity index (χ1) is 13.2. The second kappa shape index (κ2) is 6.24. The third kappa shape index (κ3) is 2.78. The van der Waals surface area contributed by atoms with Crippen molar-refractivity contribution in [2.45, 2.75) is 11.5 Å². The lowest BCUT2D eigenvalue weighted by Crippen LogP contribution is -2.16. The second-order valence-electron chi connectivity index (χ2n) is 6.27. The summed E-state index contributed by atoms with van der Waals surface area (Å²) < 4.78 is 24.3. The summed E-state index contributed by atoms with van der Waals surface area (Å²) in [6.07, 6.45) is 0. The topological polar surface area (TPSA) is 82.5 Å². The normalized spacial score (nSPS) is 17.0. The molecule has 2 aromatic carbocycles. The van der Waals surface area contributed by atoms with Crippen LogP contribution in [0, 0.1) is 0 Å². The highest BCUT2D eigenvalue weighted by Crippen LogP contribution is 2.34. The molecular formula is C19H15N3O4S. The number of carbonyl (C=O) groups is 1. The van der Waals surface area contributed by atoms with Crippen LogP contribution >= 0.6 is 0 Å². The fraction of sp³-hybridized carbons (Fsp3) is 0.158. The van der Waals surface area contributed by atoms with E-state index in [4.69, 9.17) is 9.47 Å². The molecule has 0 radical (unpaired) electrons. The third-order valence-corrected chi connectivity index (χ3v) is 5.74. The van der Waals surface area contributed by atoms with Crippen molar-refractivity contribution < 1.29 is 18.5 Å². The van der Waals surface area contributed by atoms with E-state index in [1.54, 1.807) is 22.9 Å². The lowest BCUT2D eigenvalue weighted by Gasteiger charge is -2.11. The fourth-order valence-electron chi connectivity index (χ4n) is 3.23. The Hall–Kier alpha value is -3.13. The number of fused-ring (bicyclic) bond motifs is 2. The van der Waals surface area contributed by atoms with Gasteiger partial charge in [-0.1, -0.05) is 18.2 Å². The molecule has 1 amide bonds. The monoisotopic (exact) mass is 381 g/mol. The molecule has 27 heavy (non-hydrogen) atoms. The van der Waals surface area contributed by atoms with Crippen LogP contribution in [-0.2, 0) is 22.3 Å². The number of aromatic nitrogens is 2. The van der Waals surface area contributed by atoms with Gasteiger partial charge in [-0.25, -0.2) is 4.68 Å². The number of anilines is 1. The molecule has 0 unspecified atom stereocenters. The molecular weight excluding hydrogens is 366 g/mol. The molecule has 1 aromatic heterocycles. The molecule has 136 valence electrons. The number of hydrogen-bond acceptors (Lipinski definition) is 5. The van der Waals surface area contributed by atoms with E-state index in [0.29, 0.717) is 34.4 Å². The minimum Gasteiger partial charge on any atom is -0.454 e. The molecule has 2 aliphatic heterocycles. The van der Waals surface area contributed by atoms with Gasteiger partial charge >= 0.3 is 0 Å². The zero-order valence-electron chi connectivity index (χ0n) is 14.2. The molecule has 8 heteroatoms. The van der Waals surface area contributed by atoms with Crippen molar-refractivity contribution in [1.29, 1.82) is 0 Å². The maximum absolute atomic E-state index is 12.9. The average molecular weight is 381 g/mol. The van der Waals surface area contributed by atoms with Crippen LogP contribution in [0.2, 0.25) is 0 Å². The average Bonchev–Trinajstić information content (AvgIpc) is 3.37. The van der Waals surface area contributed by atoms with Crippen molar-refractivity contribution in [3.8, 4) is 17.2 Å². The van der Waals surface area contributed by atoms with Crippen molar-refractivity contribution in [2.24, 2.45) is 0 Å². The molecule has 0 bridgehead atoms. The summed E-state index contributed by atoms with van der Waals surface area (Å²) in [5.41, 5.74) is 2.87. The summed E-state index contributed by atoms with van der Waals surface area (Å²) in [4.78, 5) is 12.9. The molecule has 3 aromatic rings. The van der Waals surface area contributed by atoms with E-state index in [1.165, 1.54) is 0 Å². The highest BCUT2D eigenvalue weighted by atomic mass is 32.2. The Labute approximate surface area is 157 Å². The molecule has 1 atom stereocenters. The minimum atomic E-state index is -0.986. The highest BCUT2D eigenvalue weighted by Gasteiger charge is 2.28. The molecule has 0 aliphatic carbocycles. The lowest BCUT2D eigenvalue weighted by molar-refractivity contribution is 0.102. The predicted molar refractivity (Wildman–Crippen MR) is 99.6 cm³/mol. The summed E-state index contributed by atoms with van der Waals surface area (Å²) in [5.74, 6) is 2.24. The Bertz CT molecular complexity index is 1080. The summed E-state index contributed by atoms with van der Waals surface area (Å²) in [6.45, 7) is 0.153. The maximum atomic E-state index is 12.9. The largest absolute Gasteiger partial charge is 0.454 e. The number of hydrogen-bond donors (Lipinski definition) is 1. The van der Waals surface area contributed by atoms with E-state index in [2.05, 4.69) is 10.4 Å². The minimum absolute atomic E-state index is 0.153. The number of benzene rings is 2. The van der Waals surface area contributed by atoms with Crippen LogP contribution in [0.25, 0.3) is 5.69 Å². The first kappa shape index (κ1) is 16.1. The van der Waals surface area contributed by atoms with Crippen molar-refractivity contribution in [2.75, 3.05) is 12.1 Å². The van der Waals surface area contributed by atoms with Crippen LogP contribution in [0.3, 0.4) is 0 Å². The molecule has 0 fully saturated rings. The first-order valence-electron chi connectivity index (χ1n) is 8.41. The van der Waals surface area contributed by atoms with Crippen LogP contribution < -0.4 is 14.8 Å². The smallest absolute Gasteiger partial charge is 0.256 e. The standard InChI is InChI=1S/C19H15N3O4S/c23-19(12-6-7-16-17(8-12)26-11-25-16)20-18-14-9-27(24)10-15(14)21-22(18)13-4-2-1-3-5-13/h1-8H,9-11H2,(H,20,23)/t27-/m0/s1. The zero-order valence-corrected chi connectivity index (χ0v) is 15.0. The van der Waals surface area contributed by atoms with E-state index >= 15 is 0 Å². The molecule has 0 saturated heterocycles. The number of ether oxygens (including phenoxy) is 2. The van der Waals surface area contributed by atoms with Crippen LogP contribution in [-0.4, -0.2) is 26.7 Å². The van der Waals surface area contributed by atoms with Gasteiger partial charge in [-0.05, 0) is 30.3 Å². The molecule has 1 N–H and O–H groups in total. The highest BCUT2D eigenvalue weighted by molar-refractivity contribution is 7.83. The summed E-state index contributed by atoms with van der Waals surface area (Å²) in [6, 6.07) is 14.6. The van der Waals surface area contributed by atoms with Gasteiger partial charge in [0, 0.05) is 21.9 Å². The van der Waals surface area contributed by atoms with E-state index in [-0.39, 0.29) is 12.7 Å². The molecule has 2 aliphatic rings. The Morgan fingerprint density at radius 3 is 2.74 bits per heavy atom. The number of amides is 1. The Morgan fingerprint density at radius 1 is 1.07 bits per heavy atom. The van der Waals surface area contributed by atoms with Crippen LogP contribution in [0.5, 0.6) is 11.5 Å². The first-order valence-corrected chi connectivity index (χ1v) is 9.90. The van der Waals surface area contributed by atoms with E-state index in [9.17, 15) is 9.00 Å². The van der Waals surface area contributed by atoms with Gasteiger partial charge in [-0.2, -0.15) is 5.10 Å². The van der Waals surface area contributed by atoms with Gasteiger partial charge in [-0.3, -0.25) is 9.00 Å². The van der Waals surface area contributed by atoms with Crippen molar-refractivity contribution >= 4 is 22.5 Å². The van der Waals surface area contributed by atoms with Gasteiger partial charge in [0.15, 0.2) is 11.5 Å². The number of nitrogens with zero attached hydrogens (tertiary/aromatic N) is 2.